The first-order valence-electron chi connectivity index (χ1n) is 7.58. The molecule has 2 unspecified atom stereocenters. The topological polar surface area (TPSA) is 41.6 Å². The molecule has 0 bridgehead atoms. The van der Waals surface area contributed by atoms with Gasteiger partial charge in [-0.25, -0.2) is 0 Å². The Hall–Kier alpha value is -0.610. The van der Waals surface area contributed by atoms with Crippen molar-refractivity contribution in [3.63, 3.8) is 0 Å². The predicted molar refractivity (Wildman–Crippen MR) is 78.1 cm³/mol. The second-order valence-corrected chi connectivity index (χ2v) is 6.00. The van der Waals surface area contributed by atoms with E-state index in [9.17, 15) is 4.79 Å². The zero-order valence-corrected chi connectivity index (χ0v) is 13.1. The van der Waals surface area contributed by atoms with Crippen molar-refractivity contribution >= 4 is 5.97 Å². The third kappa shape index (κ3) is 5.91. The van der Waals surface area contributed by atoms with Crippen LogP contribution in [0.4, 0.5) is 0 Å². The highest BCUT2D eigenvalue weighted by Gasteiger charge is 2.29. The summed E-state index contributed by atoms with van der Waals surface area (Å²) in [5, 5.41) is 3.40. The van der Waals surface area contributed by atoms with E-state index in [0.717, 1.165) is 13.0 Å². The molecule has 0 amide bonds. The van der Waals surface area contributed by atoms with Crippen LogP contribution in [0.1, 0.15) is 47.0 Å². The van der Waals surface area contributed by atoms with E-state index in [1.54, 1.807) is 0 Å². The van der Waals surface area contributed by atoms with Crippen molar-refractivity contribution in [1.29, 1.82) is 0 Å². The zero-order chi connectivity index (χ0) is 14.4. The van der Waals surface area contributed by atoms with E-state index < -0.39 is 0 Å². The Morgan fingerprint density at radius 3 is 2.47 bits per heavy atom. The number of hydrogen-bond donors (Lipinski definition) is 1. The van der Waals surface area contributed by atoms with Gasteiger partial charge in [-0.2, -0.15) is 0 Å². The lowest BCUT2D eigenvalue weighted by Crippen LogP contribution is -2.43. The second kappa shape index (κ2) is 7.85. The van der Waals surface area contributed by atoms with E-state index in [2.05, 4.69) is 38.0 Å². The number of rotatable bonds is 9. The molecule has 1 aliphatic rings. The SMILES string of the molecule is CCOC(=O)C(CCN(C)C(C)C(C)C)NC1CC1. The van der Waals surface area contributed by atoms with Gasteiger partial charge in [0.05, 0.1) is 6.61 Å². The number of nitrogens with zero attached hydrogens (tertiary/aromatic N) is 1. The van der Waals surface area contributed by atoms with Gasteiger partial charge in [0.1, 0.15) is 6.04 Å². The molecule has 4 nitrogen and oxygen atoms in total. The molecule has 1 N–H and O–H groups in total. The van der Waals surface area contributed by atoms with Crippen LogP contribution in [0.5, 0.6) is 0 Å². The molecule has 1 saturated carbocycles. The quantitative estimate of drug-likeness (QED) is 0.651. The first-order valence-corrected chi connectivity index (χ1v) is 7.58. The normalized spacial score (nSPS) is 18.7. The Morgan fingerprint density at radius 1 is 1.37 bits per heavy atom. The molecule has 4 heteroatoms. The van der Waals surface area contributed by atoms with E-state index in [1.807, 2.05) is 6.92 Å². The van der Waals surface area contributed by atoms with Crippen LogP contribution in [-0.2, 0) is 9.53 Å². The fourth-order valence-corrected chi connectivity index (χ4v) is 2.09. The Balaban J connectivity index is 2.40. The number of hydrogen-bond acceptors (Lipinski definition) is 4. The molecule has 1 rings (SSSR count). The minimum atomic E-state index is -0.144. The summed E-state index contributed by atoms with van der Waals surface area (Å²) in [4.78, 5) is 14.2. The molecule has 112 valence electrons. The molecule has 0 heterocycles. The van der Waals surface area contributed by atoms with Gasteiger partial charge in [-0.15, -0.1) is 0 Å². The van der Waals surface area contributed by atoms with E-state index in [4.69, 9.17) is 4.74 Å². The largest absolute Gasteiger partial charge is 0.465 e. The highest BCUT2D eigenvalue weighted by Crippen LogP contribution is 2.20. The summed E-state index contributed by atoms with van der Waals surface area (Å²) < 4.78 is 5.15. The second-order valence-electron chi connectivity index (χ2n) is 6.00. The molecule has 0 aliphatic heterocycles. The van der Waals surface area contributed by atoms with E-state index >= 15 is 0 Å². The fourth-order valence-electron chi connectivity index (χ4n) is 2.09. The lowest BCUT2D eigenvalue weighted by molar-refractivity contribution is -0.146. The highest BCUT2D eigenvalue weighted by atomic mass is 16.5. The van der Waals surface area contributed by atoms with Crippen molar-refractivity contribution in [2.24, 2.45) is 5.92 Å². The third-order valence-corrected chi connectivity index (χ3v) is 4.02. The average molecular weight is 270 g/mol. The van der Waals surface area contributed by atoms with Gasteiger partial charge in [0.15, 0.2) is 0 Å². The lowest BCUT2D eigenvalue weighted by atomic mass is 10.0. The van der Waals surface area contributed by atoms with Crippen LogP contribution in [0.15, 0.2) is 0 Å². The average Bonchev–Trinajstić information content (AvgIpc) is 3.16. The minimum Gasteiger partial charge on any atom is -0.465 e. The van der Waals surface area contributed by atoms with Crippen LogP contribution in [0, 0.1) is 5.92 Å². The maximum absolute atomic E-state index is 11.9. The van der Waals surface area contributed by atoms with Crippen molar-refractivity contribution in [3.8, 4) is 0 Å². The molecule has 1 aliphatic carbocycles. The van der Waals surface area contributed by atoms with Gasteiger partial charge in [-0.05, 0) is 46.1 Å². The Labute approximate surface area is 117 Å². The van der Waals surface area contributed by atoms with Gasteiger partial charge in [-0.1, -0.05) is 13.8 Å². The number of carbonyl (C=O) groups excluding carboxylic acids is 1. The van der Waals surface area contributed by atoms with Crippen molar-refractivity contribution in [1.82, 2.24) is 10.2 Å². The van der Waals surface area contributed by atoms with Crippen molar-refractivity contribution in [2.75, 3.05) is 20.2 Å². The van der Waals surface area contributed by atoms with E-state index in [1.165, 1.54) is 12.8 Å². The van der Waals surface area contributed by atoms with E-state index in [-0.39, 0.29) is 12.0 Å². The first kappa shape index (κ1) is 16.4. The molecule has 0 spiro atoms. The van der Waals surface area contributed by atoms with Gasteiger partial charge in [0.25, 0.3) is 0 Å². The van der Waals surface area contributed by atoms with Crippen LogP contribution in [0.2, 0.25) is 0 Å². The van der Waals surface area contributed by atoms with Gasteiger partial charge in [0.2, 0.25) is 0 Å². The molecule has 0 saturated heterocycles. The molecular weight excluding hydrogens is 240 g/mol. The molecule has 0 aromatic heterocycles. The fraction of sp³-hybridized carbons (Fsp3) is 0.933. The monoisotopic (exact) mass is 270 g/mol. The highest BCUT2D eigenvalue weighted by molar-refractivity contribution is 5.75. The van der Waals surface area contributed by atoms with Gasteiger partial charge >= 0.3 is 5.97 Å². The maximum atomic E-state index is 11.9. The summed E-state index contributed by atoms with van der Waals surface area (Å²) in [5.41, 5.74) is 0. The third-order valence-electron chi connectivity index (χ3n) is 4.02. The number of ether oxygens (including phenoxy) is 1. The van der Waals surface area contributed by atoms with Crippen molar-refractivity contribution < 1.29 is 9.53 Å². The van der Waals surface area contributed by atoms with Crippen molar-refractivity contribution in [2.45, 2.75) is 65.1 Å². The molecular formula is C15H30N2O2. The summed E-state index contributed by atoms with van der Waals surface area (Å²) in [6.45, 7) is 9.93. The summed E-state index contributed by atoms with van der Waals surface area (Å²) >= 11 is 0. The molecule has 0 aromatic carbocycles. The molecule has 2 atom stereocenters. The number of nitrogens with one attached hydrogen (secondary N) is 1. The molecule has 1 fully saturated rings. The van der Waals surface area contributed by atoms with Gasteiger partial charge in [-0.3, -0.25) is 4.79 Å². The predicted octanol–water partition coefficient (Wildman–Crippen LogP) is 2.04. The van der Waals surface area contributed by atoms with Crippen LogP contribution in [-0.4, -0.2) is 49.2 Å². The smallest absolute Gasteiger partial charge is 0.323 e. The first-order chi connectivity index (χ1) is 8.95. The Morgan fingerprint density at radius 2 is 2.00 bits per heavy atom. The number of esters is 1. The van der Waals surface area contributed by atoms with Crippen LogP contribution >= 0.6 is 0 Å². The standard InChI is InChI=1S/C15H30N2O2/c1-6-19-15(18)14(16-13-7-8-13)9-10-17(5)12(4)11(2)3/h11-14,16H,6-10H2,1-5H3. The number of carbonyl (C=O) groups is 1. The molecule has 0 aromatic rings. The Kier molecular flexibility index (Phi) is 6.80. The lowest BCUT2D eigenvalue weighted by Gasteiger charge is -2.29. The Bertz CT molecular complexity index is 277. The van der Waals surface area contributed by atoms with Gasteiger partial charge < -0.3 is 15.0 Å². The molecule has 19 heavy (non-hydrogen) atoms. The minimum absolute atomic E-state index is 0.0972. The summed E-state index contributed by atoms with van der Waals surface area (Å²) in [7, 11) is 2.13. The van der Waals surface area contributed by atoms with Crippen LogP contribution < -0.4 is 5.32 Å². The molecule has 0 radical (unpaired) electrons. The van der Waals surface area contributed by atoms with Crippen molar-refractivity contribution in [3.05, 3.63) is 0 Å². The van der Waals surface area contributed by atoms with Crippen LogP contribution in [0.3, 0.4) is 0 Å². The zero-order valence-electron chi connectivity index (χ0n) is 13.1. The summed E-state index contributed by atoms with van der Waals surface area (Å²) in [6.07, 6.45) is 3.20. The van der Waals surface area contributed by atoms with Gasteiger partial charge in [0, 0.05) is 18.6 Å². The van der Waals surface area contributed by atoms with E-state index in [0.29, 0.717) is 24.6 Å². The summed E-state index contributed by atoms with van der Waals surface area (Å²) in [5.74, 6) is 0.530. The summed E-state index contributed by atoms with van der Waals surface area (Å²) in [6, 6.07) is 0.917. The van der Waals surface area contributed by atoms with Crippen LogP contribution in [0.25, 0.3) is 0 Å². The maximum Gasteiger partial charge on any atom is 0.323 e.